The van der Waals surface area contributed by atoms with Gasteiger partial charge in [-0.25, -0.2) is 0 Å². The molecule has 0 aliphatic heterocycles. The lowest BCUT2D eigenvalue weighted by Gasteiger charge is -2.00. The first-order chi connectivity index (χ1) is 7.75. The minimum absolute atomic E-state index is 0.771. The standard InChI is InChI=1S/C12H13N2OS/c1-16(15)12-4-2-3-11(9-12)10-14-7-5-13-6-8-14/h2-9H,10H2,1H3/q+1. The molecular formula is C12H13N2OS+. The monoisotopic (exact) mass is 233 g/mol. The van der Waals surface area contributed by atoms with Crippen molar-refractivity contribution in [2.45, 2.75) is 11.4 Å². The Balaban J connectivity index is 2.22. The summed E-state index contributed by atoms with van der Waals surface area (Å²) < 4.78 is 13.4. The van der Waals surface area contributed by atoms with E-state index >= 15 is 0 Å². The van der Waals surface area contributed by atoms with Crippen LogP contribution in [0.25, 0.3) is 0 Å². The Morgan fingerprint density at radius 2 is 2.06 bits per heavy atom. The zero-order valence-corrected chi connectivity index (χ0v) is 9.85. The highest BCUT2D eigenvalue weighted by molar-refractivity contribution is 7.84. The van der Waals surface area contributed by atoms with Crippen molar-refractivity contribution in [1.82, 2.24) is 4.98 Å². The first-order valence-corrected chi connectivity index (χ1v) is 6.53. The Morgan fingerprint density at radius 1 is 1.31 bits per heavy atom. The maximum atomic E-state index is 11.3. The van der Waals surface area contributed by atoms with E-state index in [0.29, 0.717) is 0 Å². The predicted molar refractivity (Wildman–Crippen MR) is 62.3 cm³/mol. The second-order valence-corrected chi connectivity index (χ2v) is 4.90. The zero-order valence-electron chi connectivity index (χ0n) is 9.04. The molecule has 3 nitrogen and oxygen atoms in total. The molecular weight excluding hydrogens is 220 g/mol. The van der Waals surface area contributed by atoms with Crippen LogP contribution in [-0.4, -0.2) is 15.4 Å². The van der Waals surface area contributed by atoms with Gasteiger partial charge in [-0.2, -0.15) is 4.57 Å². The minimum Gasteiger partial charge on any atom is -0.255 e. The molecule has 2 rings (SSSR count). The van der Waals surface area contributed by atoms with E-state index < -0.39 is 10.8 Å². The van der Waals surface area contributed by atoms with Crippen LogP contribution in [-0.2, 0) is 17.3 Å². The first kappa shape index (κ1) is 11.0. The molecule has 0 aliphatic rings. The molecule has 2 aromatic rings. The van der Waals surface area contributed by atoms with Crippen molar-refractivity contribution in [2.24, 2.45) is 0 Å². The number of nitrogens with zero attached hydrogens (tertiary/aromatic N) is 2. The van der Waals surface area contributed by atoms with Crippen molar-refractivity contribution < 1.29 is 8.78 Å². The Bertz CT molecular complexity index is 499. The van der Waals surface area contributed by atoms with E-state index in [1.165, 1.54) is 0 Å². The van der Waals surface area contributed by atoms with Gasteiger partial charge in [0, 0.05) is 27.5 Å². The van der Waals surface area contributed by atoms with Gasteiger partial charge >= 0.3 is 0 Å². The fourth-order valence-corrected chi connectivity index (χ4v) is 2.07. The van der Waals surface area contributed by atoms with Gasteiger partial charge in [-0.15, -0.1) is 0 Å². The molecule has 0 bridgehead atoms. The van der Waals surface area contributed by atoms with Crippen LogP contribution in [0, 0.1) is 0 Å². The molecule has 0 fully saturated rings. The van der Waals surface area contributed by atoms with E-state index in [1.54, 1.807) is 18.6 Å². The molecule has 1 atom stereocenters. The average molecular weight is 233 g/mol. The fourth-order valence-electron chi connectivity index (χ4n) is 1.49. The third kappa shape index (κ3) is 2.73. The summed E-state index contributed by atoms with van der Waals surface area (Å²) in [4.78, 5) is 4.83. The predicted octanol–water partition coefficient (Wildman–Crippen LogP) is 1.15. The van der Waals surface area contributed by atoms with Gasteiger partial charge in [0.15, 0.2) is 18.9 Å². The summed E-state index contributed by atoms with van der Waals surface area (Å²) in [6.07, 6.45) is 9.02. The molecule has 82 valence electrons. The van der Waals surface area contributed by atoms with Crippen molar-refractivity contribution in [3.63, 3.8) is 0 Å². The maximum Gasteiger partial charge on any atom is 0.187 e. The van der Waals surface area contributed by atoms with Gasteiger partial charge in [-0.3, -0.25) is 9.19 Å². The fraction of sp³-hybridized carbons (Fsp3) is 0.167. The van der Waals surface area contributed by atoms with Crippen LogP contribution < -0.4 is 4.57 Å². The van der Waals surface area contributed by atoms with Crippen LogP contribution in [0.1, 0.15) is 5.56 Å². The molecule has 0 N–H and O–H groups in total. The third-order valence-corrected chi connectivity index (χ3v) is 3.20. The van der Waals surface area contributed by atoms with Gasteiger partial charge in [0.25, 0.3) is 0 Å². The Kier molecular flexibility index (Phi) is 3.41. The summed E-state index contributed by atoms with van der Waals surface area (Å²) in [5, 5.41) is 0. The normalized spacial score (nSPS) is 12.3. The van der Waals surface area contributed by atoms with Gasteiger partial charge < -0.3 is 0 Å². The summed E-state index contributed by atoms with van der Waals surface area (Å²) in [6.45, 7) is 0.771. The third-order valence-electron chi connectivity index (χ3n) is 2.28. The SMILES string of the molecule is CS(=O)c1cccc(C[n+]2ccncc2)c1. The molecule has 0 saturated heterocycles. The highest BCUT2D eigenvalue weighted by Gasteiger charge is 2.04. The van der Waals surface area contributed by atoms with E-state index in [-0.39, 0.29) is 0 Å². The van der Waals surface area contributed by atoms with E-state index in [9.17, 15) is 4.21 Å². The zero-order chi connectivity index (χ0) is 11.4. The highest BCUT2D eigenvalue weighted by Crippen LogP contribution is 2.08. The maximum absolute atomic E-state index is 11.3. The van der Waals surface area contributed by atoms with Crippen LogP contribution in [0.15, 0.2) is 53.9 Å². The molecule has 1 heterocycles. The lowest BCUT2D eigenvalue weighted by atomic mass is 10.2. The summed E-state index contributed by atoms with van der Waals surface area (Å²) in [7, 11) is -0.919. The van der Waals surface area contributed by atoms with E-state index in [1.807, 2.05) is 41.2 Å². The molecule has 0 aliphatic carbocycles. The first-order valence-electron chi connectivity index (χ1n) is 4.97. The smallest absolute Gasteiger partial charge is 0.187 e. The van der Waals surface area contributed by atoms with Gasteiger partial charge in [-0.1, -0.05) is 12.1 Å². The number of hydrogen-bond acceptors (Lipinski definition) is 2. The van der Waals surface area contributed by atoms with E-state index in [2.05, 4.69) is 4.98 Å². The van der Waals surface area contributed by atoms with Crippen molar-refractivity contribution in [3.05, 3.63) is 54.6 Å². The van der Waals surface area contributed by atoms with Crippen molar-refractivity contribution >= 4 is 10.8 Å². The Morgan fingerprint density at radius 3 is 2.75 bits per heavy atom. The van der Waals surface area contributed by atoms with Gasteiger partial charge in [0.05, 0.1) is 12.4 Å². The minimum atomic E-state index is -0.919. The summed E-state index contributed by atoms with van der Waals surface area (Å²) in [6, 6.07) is 7.83. The van der Waals surface area contributed by atoms with E-state index in [4.69, 9.17) is 0 Å². The van der Waals surface area contributed by atoms with Crippen molar-refractivity contribution in [1.29, 1.82) is 0 Å². The summed E-state index contributed by atoms with van der Waals surface area (Å²) >= 11 is 0. The Labute approximate surface area is 97.2 Å². The molecule has 0 radical (unpaired) electrons. The van der Waals surface area contributed by atoms with Crippen LogP contribution in [0.2, 0.25) is 0 Å². The second kappa shape index (κ2) is 4.99. The largest absolute Gasteiger partial charge is 0.255 e. The van der Waals surface area contributed by atoms with Crippen LogP contribution >= 0.6 is 0 Å². The van der Waals surface area contributed by atoms with Crippen LogP contribution in [0.4, 0.5) is 0 Å². The quantitative estimate of drug-likeness (QED) is 0.745. The van der Waals surface area contributed by atoms with Gasteiger partial charge in [0.1, 0.15) is 0 Å². The number of rotatable bonds is 3. The number of aromatic nitrogens is 2. The molecule has 1 aromatic heterocycles. The topological polar surface area (TPSA) is 33.8 Å². The molecule has 4 heteroatoms. The summed E-state index contributed by atoms with van der Waals surface area (Å²) in [5.41, 5.74) is 1.14. The van der Waals surface area contributed by atoms with E-state index in [0.717, 1.165) is 17.0 Å². The van der Waals surface area contributed by atoms with Gasteiger partial charge in [0.2, 0.25) is 0 Å². The molecule has 0 spiro atoms. The van der Waals surface area contributed by atoms with Crippen LogP contribution in [0.3, 0.4) is 0 Å². The lowest BCUT2D eigenvalue weighted by Crippen LogP contribution is -2.33. The average Bonchev–Trinajstić information content (AvgIpc) is 2.30. The molecule has 1 aromatic carbocycles. The number of hydrogen-bond donors (Lipinski definition) is 0. The van der Waals surface area contributed by atoms with Crippen molar-refractivity contribution in [2.75, 3.05) is 6.26 Å². The van der Waals surface area contributed by atoms with Crippen LogP contribution in [0.5, 0.6) is 0 Å². The lowest BCUT2D eigenvalue weighted by molar-refractivity contribution is -0.688. The molecule has 0 amide bonds. The highest BCUT2D eigenvalue weighted by atomic mass is 32.2. The number of benzene rings is 1. The van der Waals surface area contributed by atoms with Crippen molar-refractivity contribution in [3.8, 4) is 0 Å². The molecule has 16 heavy (non-hydrogen) atoms. The summed E-state index contributed by atoms with van der Waals surface area (Å²) in [5.74, 6) is 0. The molecule has 0 saturated carbocycles. The second-order valence-electron chi connectivity index (χ2n) is 3.52. The molecule has 1 unspecified atom stereocenters. The Hall–Kier alpha value is -1.55. The van der Waals surface area contributed by atoms with Gasteiger partial charge in [-0.05, 0) is 12.1 Å².